The normalized spacial score (nSPS) is 12.9. The van der Waals surface area contributed by atoms with Gasteiger partial charge in [-0.05, 0) is 72.6 Å². The Morgan fingerprint density at radius 2 is 1.33 bits per heavy atom. The lowest BCUT2D eigenvalue weighted by Crippen LogP contribution is -2.38. The van der Waals surface area contributed by atoms with Gasteiger partial charge in [-0.3, -0.25) is 14.4 Å². The summed E-state index contributed by atoms with van der Waals surface area (Å²) in [5.74, 6) is -0.221. The Morgan fingerprint density at radius 1 is 0.917 bits per heavy atom. The summed E-state index contributed by atoms with van der Waals surface area (Å²) in [6.07, 6.45) is 1.75. The van der Waals surface area contributed by atoms with Crippen LogP contribution < -0.4 is 0 Å². The van der Waals surface area contributed by atoms with E-state index in [2.05, 4.69) is 17.9 Å². The molecule has 1 aliphatic rings. The van der Waals surface area contributed by atoms with Gasteiger partial charge < -0.3 is 32.3 Å². The van der Waals surface area contributed by atoms with Crippen molar-refractivity contribution in [2.24, 2.45) is 0 Å². The van der Waals surface area contributed by atoms with Gasteiger partial charge in [0, 0.05) is 33.0 Å². The number of cyclic esters (lactones) is 1. The maximum absolute atomic E-state index is 11.1. The van der Waals surface area contributed by atoms with E-state index < -0.39 is 23.1 Å². The zero-order valence-electron chi connectivity index (χ0n) is 23.3. The number of carbonyl (C=O) groups excluding carboxylic acids is 3. The van der Waals surface area contributed by atoms with E-state index in [9.17, 15) is 14.4 Å². The third kappa shape index (κ3) is 20.7. The molecule has 0 unspecified atom stereocenters. The quantitative estimate of drug-likeness (QED) is 0.122. The van der Waals surface area contributed by atoms with Crippen molar-refractivity contribution in [3.63, 3.8) is 0 Å². The van der Waals surface area contributed by atoms with Gasteiger partial charge in [-0.15, -0.1) is 0 Å². The Morgan fingerprint density at radius 3 is 1.61 bits per heavy atom. The topological polar surface area (TPSA) is 127 Å². The Kier molecular flexibility index (Phi) is 22.1. The van der Waals surface area contributed by atoms with Crippen LogP contribution in [0, 0.1) is 0 Å². The van der Waals surface area contributed by atoms with E-state index in [0.717, 1.165) is 18.5 Å². The minimum Gasteiger partial charge on any atom is -0.465 e. The molecule has 1 rings (SSSR count). The third-order valence-electron chi connectivity index (χ3n) is 4.62. The molecule has 0 aromatic carbocycles. The summed E-state index contributed by atoms with van der Waals surface area (Å²) < 4.78 is 31.7. The first-order valence-corrected chi connectivity index (χ1v) is 17.7. The zero-order chi connectivity index (χ0) is 28.0. The lowest BCUT2D eigenvalue weighted by molar-refractivity contribution is -0.148. The van der Waals surface area contributed by atoms with Crippen molar-refractivity contribution in [2.75, 3.05) is 39.6 Å². The highest BCUT2D eigenvalue weighted by Gasteiger charge is 2.30. The van der Waals surface area contributed by atoms with Crippen LogP contribution in [0.15, 0.2) is 12.3 Å². The second-order valence-electron chi connectivity index (χ2n) is 8.22. The molecule has 1 saturated heterocycles. The molecule has 0 spiro atoms. The molecule has 0 radical (unpaired) electrons. The van der Waals surface area contributed by atoms with Crippen molar-refractivity contribution in [1.29, 1.82) is 0 Å². The van der Waals surface area contributed by atoms with Crippen LogP contribution >= 0.6 is 0 Å². The van der Waals surface area contributed by atoms with Crippen molar-refractivity contribution in [1.82, 2.24) is 0 Å². The van der Waals surface area contributed by atoms with Gasteiger partial charge in [-0.25, -0.2) is 0 Å². The van der Waals surface area contributed by atoms with E-state index in [1.807, 2.05) is 34.2 Å². The molecule has 1 fully saturated rings. The lowest BCUT2D eigenvalue weighted by atomic mass is 10.3. The number of rotatable bonds is 17. The minimum atomic E-state index is -2.11. The average Bonchev–Trinajstić information content (AvgIpc) is 2.76. The molecule has 0 atom stereocenters. The van der Waals surface area contributed by atoms with E-state index in [4.69, 9.17) is 27.5 Å². The van der Waals surface area contributed by atoms with Crippen molar-refractivity contribution < 1.29 is 46.7 Å². The van der Waals surface area contributed by atoms with Crippen molar-refractivity contribution in [3.05, 3.63) is 12.3 Å². The van der Waals surface area contributed by atoms with Crippen LogP contribution in [0.3, 0.4) is 0 Å². The highest BCUT2D eigenvalue weighted by atomic mass is 28.4. The highest BCUT2D eigenvalue weighted by Crippen LogP contribution is 2.16. The predicted molar refractivity (Wildman–Crippen MR) is 142 cm³/mol. The highest BCUT2D eigenvalue weighted by molar-refractivity contribution is 6.66. The Labute approximate surface area is 219 Å². The standard InChI is InChI=1S/C12H24O5Si.C8H20O3Si.C4H4O2/c1-5-16-18(4,17-6-2)9-7-8-15-12(14)10-11(3)13;1-4-10-12(3,11-5-2)8-6-7-9;1-3-2-4(5)6-3/h5-10H2,1-4H3;9H,4-8H2,1-3H3;1-2H2. The molecule has 212 valence electrons. The molecule has 1 N–H and O–H groups in total. The number of ether oxygens (including phenoxy) is 2. The van der Waals surface area contributed by atoms with Crippen LogP contribution in [0.4, 0.5) is 0 Å². The second kappa shape index (κ2) is 21.6. The Balaban J connectivity index is 0. The van der Waals surface area contributed by atoms with Crippen LogP contribution in [0.2, 0.25) is 25.2 Å². The SMILES string of the molecule is C=C1CC(=O)O1.CCO[Si](C)(CCCO)OCC.CCO[Si](C)(CCCOC(=O)CC(C)=O)OCC. The van der Waals surface area contributed by atoms with Crippen molar-refractivity contribution in [2.45, 2.75) is 85.5 Å². The summed E-state index contributed by atoms with van der Waals surface area (Å²) in [7, 11) is -4.04. The number of aliphatic hydroxyl groups is 1. The van der Waals surface area contributed by atoms with E-state index in [-0.39, 0.29) is 24.8 Å². The smallest absolute Gasteiger partial charge is 0.335 e. The molecule has 0 bridgehead atoms. The van der Waals surface area contributed by atoms with Crippen molar-refractivity contribution in [3.8, 4) is 0 Å². The second-order valence-corrected chi connectivity index (χ2v) is 14.9. The Bertz CT molecular complexity index is 608. The van der Waals surface area contributed by atoms with Crippen LogP contribution in [-0.2, 0) is 41.6 Å². The fraction of sp³-hybridized carbons (Fsp3) is 0.792. The summed E-state index contributed by atoms with van der Waals surface area (Å²) >= 11 is 0. The maximum Gasteiger partial charge on any atom is 0.335 e. The third-order valence-corrected chi connectivity index (χ3v) is 10.7. The summed E-state index contributed by atoms with van der Waals surface area (Å²) in [4.78, 5) is 31.6. The number of ketones is 1. The number of esters is 2. The lowest BCUT2D eigenvalue weighted by Gasteiger charge is -2.25. The first-order chi connectivity index (χ1) is 16.9. The van der Waals surface area contributed by atoms with Gasteiger partial charge in [0.2, 0.25) is 0 Å². The van der Waals surface area contributed by atoms with Crippen LogP contribution in [-0.4, -0.2) is 79.6 Å². The molecule has 1 heterocycles. The van der Waals surface area contributed by atoms with Gasteiger partial charge in [-0.2, -0.15) is 0 Å². The molecule has 1 aliphatic heterocycles. The van der Waals surface area contributed by atoms with E-state index >= 15 is 0 Å². The zero-order valence-corrected chi connectivity index (χ0v) is 25.3. The molecule has 0 aromatic heterocycles. The molecule has 10 nitrogen and oxygen atoms in total. The molecule has 0 saturated carbocycles. The maximum atomic E-state index is 11.1. The van der Waals surface area contributed by atoms with Crippen LogP contribution in [0.5, 0.6) is 0 Å². The van der Waals surface area contributed by atoms with Crippen molar-refractivity contribution >= 4 is 34.8 Å². The number of hydrogen-bond acceptors (Lipinski definition) is 10. The van der Waals surface area contributed by atoms with E-state index in [1.54, 1.807) is 0 Å². The van der Waals surface area contributed by atoms with Crippen LogP contribution in [0.25, 0.3) is 0 Å². The average molecular weight is 553 g/mol. The van der Waals surface area contributed by atoms with E-state index in [0.29, 0.717) is 51.6 Å². The molecule has 0 amide bonds. The van der Waals surface area contributed by atoms with Crippen LogP contribution in [0.1, 0.15) is 60.3 Å². The summed E-state index contributed by atoms with van der Waals surface area (Å²) in [5, 5.41) is 8.68. The number of Topliss-reactive ketones (excluding diaryl/α,β-unsaturated/α-hetero) is 1. The van der Waals surface area contributed by atoms with Gasteiger partial charge in [0.25, 0.3) is 0 Å². The Hall–Kier alpha value is -1.42. The van der Waals surface area contributed by atoms with Gasteiger partial charge in [-0.1, -0.05) is 6.58 Å². The first-order valence-electron chi connectivity index (χ1n) is 12.6. The molecule has 0 aromatic rings. The molecular formula is C24H48O10Si2. The van der Waals surface area contributed by atoms with Gasteiger partial charge in [0.1, 0.15) is 24.4 Å². The monoisotopic (exact) mass is 552 g/mol. The number of carbonyl (C=O) groups is 3. The largest absolute Gasteiger partial charge is 0.465 e. The predicted octanol–water partition coefficient (Wildman–Crippen LogP) is 4.00. The number of aliphatic hydroxyl groups excluding tert-OH is 1. The minimum absolute atomic E-state index is 0.147. The molecule has 0 aliphatic carbocycles. The fourth-order valence-electron chi connectivity index (χ4n) is 3.14. The molecule has 12 heteroatoms. The first kappa shape index (κ1) is 36.7. The summed E-state index contributed by atoms with van der Waals surface area (Å²) in [6, 6.07) is 1.66. The molecule has 36 heavy (non-hydrogen) atoms. The fourth-order valence-corrected chi connectivity index (χ4v) is 7.91. The van der Waals surface area contributed by atoms with E-state index in [1.165, 1.54) is 6.92 Å². The van der Waals surface area contributed by atoms with Gasteiger partial charge in [0.15, 0.2) is 0 Å². The summed E-state index contributed by atoms with van der Waals surface area (Å²) in [5.41, 5.74) is 0. The van der Waals surface area contributed by atoms with Gasteiger partial charge in [0.05, 0.1) is 6.61 Å². The molecular weight excluding hydrogens is 504 g/mol. The number of hydrogen-bond donors (Lipinski definition) is 1. The summed E-state index contributed by atoms with van der Waals surface area (Å²) in [6.45, 7) is 19.8. The van der Waals surface area contributed by atoms with Gasteiger partial charge >= 0.3 is 29.1 Å².